The van der Waals surface area contributed by atoms with E-state index in [1.54, 1.807) is 23.0 Å². The van der Waals surface area contributed by atoms with Crippen molar-refractivity contribution in [3.05, 3.63) is 52.2 Å². The minimum absolute atomic E-state index is 0.0349. The summed E-state index contributed by atoms with van der Waals surface area (Å²) in [7, 11) is 0. The quantitative estimate of drug-likeness (QED) is 0.911. The summed E-state index contributed by atoms with van der Waals surface area (Å²) in [5.74, 6) is 0.440. The average molecular weight is 339 g/mol. The van der Waals surface area contributed by atoms with Crippen molar-refractivity contribution in [1.82, 2.24) is 14.9 Å². The van der Waals surface area contributed by atoms with Gasteiger partial charge in [0.25, 0.3) is 11.5 Å². The minimum atomic E-state index is -0.0925. The van der Waals surface area contributed by atoms with Crippen LogP contribution < -0.4 is 10.9 Å². The standard InChI is InChI=1S/C20H25N3O2/c1-14(2)8-10-22-20(25)19-16(15-6-5-9-21-13-15)12-18(24)23-11-4-3-7-17(19)23/h5-6,9,12-14H,3-4,7-8,10-11H2,1-2H3,(H,22,25). The number of nitrogens with zero attached hydrogens (tertiary/aromatic N) is 2. The van der Waals surface area contributed by atoms with Crippen LogP contribution >= 0.6 is 0 Å². The molecule has 5 heteroatoms. The van der Waals surface area contributed by atoms with Crippen LogP contribution in [0.3, 0.4) is 0 Å². The topological polar surface area (TPSA) is 64.0 Å². The summed E-state index contributed by atoms with van der Waals surface area (Å²) in [6.07, 6.45) is 7.08. The lowest BCUT2D eigenvalue weighted by molar-refractivity contribution is 0.0950. The fraction of sp³-hybridized carbons (Fsp3) is 0.450. The third-order valence-corrected chi connectivity index (χ3v) is 4.67. The van der Waals surface area contributed by atoms with Crippen molar-refractivity contribution in [2.45, 2.75) is 46.1 Å². The Balaban J connectivity index is 2.07. The van der Waals surface area contributed by atoms with Crippen LogP contribution in [0.5, 0.6) is 0 Å². The van der Waals surface area contributed by atoms with Crippen molar-refractivity contribution in [2.75, 3.05) is 6.54 Å². The molecule has 0 aliphatic carbocycles. The number of fused-ring (bicyclic) bond motifs is 1. The molecule has 0 saturated carbocycles. The molecule has 25 heavy (non-hydrogen) atoms. The van der Waals surface area contributed by atoms with Gasteiger partial charge in [-0.2, -0.15) is 0 Å². The SMILES string of the molecule is CC(C)CCNC(=O)c1c(-c2cccnc2)cc(=O)n2c1CCCC2. The largest absolute Gasteiger partial charge is 0.352 e. The van der Waals surface area contributed by atoms with E-state index in [2.05, 4.69) is 24.1 Å². The van der Waals surface area contributed by atoms with Gasteiger partial charge in [-0.25, -0.2) is 0 Å². The second-order valence-electron chi connectivity index (χ2n) is 7.01. The van der Waals surface area contributed by atoms with Crippen LogP contribution in [0.2, 0.25) is 0 Å². The molecular formula is C20H25N3O2. The van der Waals surface area contributed by atoms with Gasteiger partial charge >= 0.3 is 0 Å². The van der Waals surface area contributed by atoms with Gasteiger partial charge in [0.2, 0.25) is 0 Å². The molecule has 0 spiro atoms. The van der Waals surface area contributed by atoms with Gasteiger partial charge in [-0.1, -0.05) is 19.9 Å². The summed E-state index contributed by atoms with van der Waals surface area (Å²) in [5.41, 5.74) is 2.96. The Morgan fingerprint density at radius 1 is 1.36 bits per heavy atom. The van der Waals surface area contributed by atoms with E-state index in [1.165, 1.54) is 0 Å². The van der Waals surface area contributed by atoms with Gasteiger partial charge in [0.1, 0.15) is 0 Å². The van der Waals surface area contributed by atoms with Crippen molar-refractivity contribution < 1.29 is 4.79 Å². The Labute approximate surface area is 148 Å². The highest BCUT2D eigenvalue weighted by Gasteiger charge is 2.24. The fourth-order valence-electron chi connectivity index (χ4n) is 3.33. The number of aromatic nitrogens is 2. The van der Waals surface area contributed by atoms with Crippen LogP contribution in [-0.2, 0) is 13.0 Å². The predicted octanol–water partition coefficient (Wildman–Crippen LogP) is 3.02. The van der Waals surface area contributed by atoms with Gasteiger partial charge in [0, 0.05) is 48.4 Å². The molecule has 0 aromatic carbocycles. The summed E-state index contributed by atoms with van der Waals surface area (Å²) in [6, 6.07) is 5.31. The van der Waals surface area contributed by atoms with E-state index >= 15 is 0 Å². The maximum atomic E-state index is 13.0. The molecule has 5 nitrogen and oxygen atoms in total. The predicted molar refractivity (Wildman–Crippen MR) is 98.7 cm³/mol. The molecule has 0 fully saturated rings. The molecule has 2 aromatic heterocycles. The van der Waals surface area contributed by atoms with Gasteiger partial charge in [-0.15, -0.1) is 0 Å². The zero-order valence-corrected chi connectivity index (χ0v) is 14.9. The van der Waals surface area contributed by atoms with E-state index in [0.717, 1.165) is 36.9 Å². The smallest absolute Gasteiger partial charge is 0.253 e. The molecule has 1 aliphatic heterocycles. The van der Waals surface area contributed by atoms with Crippen molar-refractivity contribution in [1.29, 1.82) is 0 Å². The van der Waals surface area contributed by atoms with E-state index < -0.39 is 0 Å². The van der Waals surface area contributed by atoms with E-state index in [1.807, 2.05) is 12.1 Å². The lowest BCUT2D eigenvalue weighted by Crippen LogP contribution is -2.33. The van der Waals surface area contributed by atoms with E-state index in [4.69, 9.17) is 0 Å². The van der Waals surface area contributed by atoms with Gasteiger partial charge in [0.05, 0.1) is 5.56 Å². The summed E-state index contributed by atoms with van der Waals surface area (Å²) >= 11 is 0. The highest BCUT2D eigenvalue weighted by atomic mass is 16.2. The van der Waals surface area contributed by atoms with E-state index in [9.17, 15) is 9.59 Å². The molecule has 2 aromatic rings. The number of amides is 1. The molecule has 1 aliphatic rings. The van der Waals surface area contributed by atoms with Crippen LogP contribution in [0.15, 0.2) is 35.4 Å². The zero-order chi connectivity index (χ0) is 17.8. The van der Waals surface area contributed by atoms with E-state index in [-0.39, 0.29) is 11.5 Å². The first-order valence-electron chi connectivity index (χ1n) is 9.03. The number of hydrogen-bond acceptors (Lipinski definition) is 3. The molecule has 1 N–H and O–H groups in total. The Morgan fingerprint density at radius 2 is 2.20 bits per heavy atom. The lowest BCUT2D eigenvalue weighted by Gasteiger charge is -2.23. The number of carbonyl (C=O) groups excluding carboxylic acids is 1. The number of rotatable bonds is 5. The molecule has 0 bridgehead atoms. The summed E-state index contributed by atoms with van der Waals surface area (Å²) in [5, 5.41) is 3.04. The van der Waals surface area contributed by atoms with Crippen molar-refractivity contribution in [2.24, 2.45) is 5.92 Å². The molecule has 0 unspecified atom stereocenters. The molecule has 1 amide bonds. The Bertz CT molecular complexity index is 810. The summed E-state index contributed by atoms with van der Waals surface area (Å²) in [4.78, 5) is 29.7. The average Bonchev–Trinajstić information content (AvgIpc) is 2.62. The lowest BCUT2D eigenvalue weighted by atomic mass is 9.94. The highest BCUT2D eigenvalue weighted by Crippen LogP contribution is 2.27. The van der Waals surface area contributed by atoms with Crippen LogP contribution in [-0.4, -0.2) is 22.0 Å². The molecule has 132 valence electrons. The molecule has 0 radical (unpaired) electrons. The van der Waals surface area contributed by atoms with Crippen molar-refractivity contribution in [3.63, 3.8) is 0 Å². The highest BCUT2D eigenvalue weighted by molar-refractivity contribution is 6.01. The fourth-order valence-corrected chi connectivity index (χ4v) is 3.33. The molecule has 3 heterocycles. The van der Waals surface area contributed by atoms with E-state index in [0.29, 0.717) is 30.1 Å². The van der Waals surface area contributed by atoms with Gasteiger partial charge in [-0.3, -0.25) is 14.6 Å². The molecular weight excluding hydrogens is 314 g/mol. The zero-order valence-electron chi connectivity index (χ0n) is 14.9. The Morgan fingerprint density at radius 3 is 2.92 bits per heavy atom. The Kier molecular flexibility index (Phi) is 5.31. The molecule has 0 saturated heterocycles. The number of pyridine rings is 2. The second kappa shape index (κ2) is 7.64. The number of nitrogens with one attached hydrogen (secondary N) is 1. The number of hydrogen-bond donors (Lipinski definition) is 1. The van der Waals surface area contributed by atoms with Crippen LogP contribution in [0.25, 0.3) is 11.1 Å². The van der Waals surface area contributed by atoms with Crippen molar-refractivity contribution >= 4 is 5.91 Å². The molecule has 3 rings (SSSR count). The maximum absolute atomic E-state index is 13.0. The first-order valence-corrected chi connectivity index (χ1v) is 9.03. The minimum Gasteiger partial charge on any atom is -0.352 e. The van der Waals surface area contributed by atoms with Crippen LogP contribution in [0.1, 0.15) is 49.2 Å². The number of carbonyl (C=O) groups is 1. The Hall–Kier alpha value is -2.43. The first-order chi connectivity index (χ1) is 12.1. The summed E-state index contributed by atoms with van der Waals surface area (Å²) < 4.78 is 1.76. The monoisotopic (exact) mass is 339 g/mol. The second-order valence-corrected chi connectivity index (χ2v) is 7.01. The maximum Gasteiger partial charge on any atom is 0.253 e. The molecule has 0 atom stereocenters. The first kappa shape index (κ1) is 17.4. The van der Waals surface area contributed by atoms with Crippen LogP contribution in [0, 0.1) is 5.92 Å². The third kappa shape index (κ3) is 3.81. The van der Waals surface area contributed by atoms with Crippen LogP contribution in [0.4, 0.5) is 0 Å². The third-order valence-electron chi connectivity index (χ3n) is 4.67. The normalized spacial score (nSPS) is 13.6. The van der Waals surface area contributed by atoms with Gasteiger partial charge < -0.3 is 9.88 Å². The van der Waals surface area contributed by atoms with Gasteiger partial charge in [-0.05, 0) is 37.7 Å². The van der Waals surface area contributed by atoms with Gasteiger partial charge in [0.15, 0.2) is 0 Å². The summed E-state index contributed by atoms with van der Waals surface area (Å²) in [6.45, 7) is 5.60. The van der Waals surface area contributed by atoms with Crippen molar-refractivity contribution in [3.8, 4) is 11.1 Å².